The zero-order valence-corrected chi connectivity index (χ0v) is 21.5. The van der Waals surface area contributed by atoms with Crippen molar-refractivity contribution in [1.29, 1.82) is 0 Å². The number of alkyl halides is 6. The zero-order valence-electron chi connectivity index (χ0n) is 21.5. The molecule has 4 rings (SSSR count). The molecule has 4 aromatic rings. The van der Waals surface area contributed by atoms with Crippen LogP contribution in [0.5, 0.6) is 0 Å². The highest BCUT2D eigenvalue weighted by molar-refractivity contribution is 5.92. The van der Waals surface area contributed by atoms with Crippen LogP contribution in [0.4, 0.5) is 26.3 Å². The Balaban J connectivity index is 1.18. The van der Waals surface area contributed by atoms with Gasteiger partial charge in [0.05, 0.1) is 30.2 Å². The molecule has 0 radical (unpaired) electrons. The number of pyridine rings is 2. The molecule has 0 atom stereocenters. The van der Waals surface area contributed by atoms with Gasteiger partial charge in [-0.05, 0) is 36.6 Å². The summed E-state index contributed by atoms with van der Waals surface area (Å²) in [6, 6.07) is 4.29. The number of carbonyl (C=O) groups is 2. The van der Waals surface area contributed by atoms with Crippen LogP contribution < -0.4 is 10.6 Å². The number of aryl methyl sites for hydroxylation is 2. The molecule has 0 aromatic carbocycles. The number of rotatable bonds is 11. The molecule has 0 aliphatic heterocycles. The van der Waals surface area contributed by atoms with Crippen molar-refractivity contribution in [1.82, 2.24) is 50.6 Å². The lowest BCUT2D eigenvalue weighted by molar-refractivity contribution is -0.141. The molecule has 2 amide bonds. The number of amides is 2. The van der Waals surface area contributed by atoms with E-state index >= 15 is 0 Å². The fourth-order valence-electron chi connectivity index (χ4n) is 3.58. The smallest absolute Gasteiger partial charge is 0.346 e. The molecule has 222 valence electrons. The standard InChI is InChI=1S/C24H22F6N10O2/c25-23(26,27)16-8-15(9-31-11-16)10-32-21(41)18-13-39(37-35-18)6-1-2-7-40-14-19(36-38-40)22(42)33-12-17-4-3-5-20(34-17)24(28,29)30/h3-5,8-9,11,13-14H,1-2,6-7,10,12H2,(H,32,41)(H,33,42). The number of carbonyl (C=O) groups excluding carboxylic acids is 2. The number of aromatic nitrogens is 8. The van der Waals surface area contributed by atoms with Gasteiger partial charge in [-0.1, -0.05) is 16.5 Å². The van der Waals surface area contributed by atoms with Crippen LogP contribution in [0.25, 0.3) is 0 Å². The van der Waals surface area contributed by atoms with Crippen LogP contribution in [-0.2, 0) is 38.5 Å². The zero-order chi connectivity index (χ0) is 30.3. The quantitative estimate of drug-likeness (QED) is 0.199. The van der Waals surface area contributed by atoms with Crippen molar-refractivity contribution < 1.29 is 35.9 Å². The molecule has 0 bridgehead atoms. The van der Waals surface area contributed by atoms with Crippen molar-refractivity contribution in [2.75, 3.05) is 0 Å². The highest BCUT2D eigenvalue weighted by Crippen LogP contribution is 2.29. The molecule has 12 nitrogen and oxygen atoms in total. The van der Waals surface area contributed by atoms with Crippen molar-refractivity contribution in [3.63, 3.8) is 0 Å². The first-order valence-electron chi connectivity index (χ1n) is 12.3. The number of halogens is 6. The summed E-state index contributed by atoms with van der Waals surface area (Å²) in [5, 5.41) is 20.2. The maximum absolute atomic E-state index is 12.8. The van der Waals surface area contributed by atoms with Crippen LogP contribution >= 0.6 is 0 Å². The van der Waals surface area contributed by atoms with Crippen LogP contribution in [0.2, 0.25) is 0 Å². The average Bonchev–Trinajstić information content (AvgIpc) is 3.62. The van der Waals surface area contributed by atoms with Gasteiger partial charge in [-0.3, -0.25) is 23.9 Å². The average molecular weight is 596 g/mol. The van der Waals surface area contributed by atoms with E-state index in [0.29, 0.717) is 32.1 Å². The molecule has 18 heteroatoms. The Labute approximate surface area is 233 Å². The minimum Gasteiger partial charge on any atom is -0.346 e. The van der Waals surface area contributed by atoms with Gasteiger partial charge in [0.2, 0.25) is 0 Å². The van der Waals surface area contributed by atoms with Crippen molar-refractivity contribution >= 4 is 11.8 Å². The van der Waals surface area contributed by atoms with Crippen molar-refractivity contribution in [2.45, 2.75) is 51.4 Å². The number of nitrogens with one attached hydrogen (secondary N) is 2. The van der Waals surface area contributed by atoms with Crippen molar-refractivity contribution in [3.8, 4) is 0 Å². The topological polar surface area (TPSA) is 145 Å². The van der Waals surface area contributed by atoms with E-state index in [1.54, 1.807) is 0 Å². The minimum absolute atomic E-state index is 0.0119. The molecule has 0 spiro atoms. The van der Waals surface area contributed by atoms with E-state index in [0.717, 1.165) is 12.1 Å². The van der Waals surface area contributed by atoms with E-state index in [1.807, 2.05) is 0 Å². The van der Waals surface area contributed by atoms with Crippen LogP contribution in [-0.4, -0.2) is 51.8 Å². The summed E-state index contributed by atoms with van der Waals surface area (Å²) in [4.78, 5) is 31.6. The molecular formula is C24H22F6N10O2. The third kappa shape index (κ3) is 8.31. The van der Waals surface area contributed by atoms with E-state index in [4.69, 9.17) is 0 Å². The van der Waals surface area contributed by atoms with Gasteiger partial charge in [0.15, 0.2) is 11.4 Å². The van der Waals surface area contributed by atoms with Gasteiger partial charge < -0.3 is 10.6 Å². The molecule has 0 aliphatic carbocycles. The van der Waals surface area contributed by atoms with Gasteiger partial charge in [-0.25, -0.2) is 4.98 Å². The lowest BCUT2D eigenvalue weighted by atomic mass is 10.2. The summed E-state index contributed by atoms with van der Waals surface area (Å²) in [6.45, 7) is 0.380. The molecular weight excluding hydrogens is 574 g/mol. The van der Waals surface area contributed by atoms with E-state index in [2.05, 4.69) is 41.2 Å². The van der Waals surface area contributed by atoms with E-state index < -0.39 is 35.4 Å². The van der Waals surface area contributed by atoms with E-state index in [9.17, 15) is 35.9 Å². The second-order valence-corrected chi connectivity index (χ2v) is 8.90. The molecule has 42 heavy (non-hydrogen) atoms. The van der Waals surface area contributed by atoms with Crippen molar-refractivity contribution in [2.24, 2.45) is 0 Å². The Morgan fingerprint density at radius 1 is 0.786 bits per heavy atom. The van der Waals surface area contributed by atoms with Gasteiger partial charge >= 0.3 is 12.4 Å². The summed E-state index contributed by atoms with van der Waals surface area (Å²) in [5.74, 6) is -1.24. The van der Waals surface area contributed by atoms with Gasteiger partial charge in [0, 0.05) is 32.0 Å². The lowest BCUT2D eigenvalue weighted by Gasteiger charge is -2.08. The second-order valence-electron chi connectivity index (χ2n) is 8.90. The molecule has 0 unspecified atom stereocenters. The van der Waals surface area contributed by atoms with Crippen LogP contribution in [0.1, 0.15) is 56.3 Å². The Morgan fingerprint density at radius 3 is 1.95 bits per heavy atom. The predicted octanol–water partition coefficient (Wildman–Crippen LogP) is 3.04. The normalized spacial score (nSPS) is 11.9. The van der Waals surface area contributed by atoms with Crippen LogP contribution in [0.3, 0.4) is 0 Å². The molecule has 0 saturated carbocycles. The lowest BCUT2D eigenvalue weighted by Crippen LogP contribution is -2.24. The van der Waals surface area contributed by atoms with Gasteiger partial charge in [0.25, 0.3) is 11.8 Å². The Morgan fingerprint density at radius 2 is 1.38 bits per heavy atom. The summed E-state index contributed by atoms with van der Waals surface area (Å²) in [6.07, 6.45) is -3.26. The van der Waals surface area contributed by atoms with Crippen LogP contribution in [0, 0.1) is 0 Å². The number of hydrogen-bond acceptors (Lipinski definition) is 8. The maximum atomic E-state index is 12.8. The Hall–Kier alpha value is -4.90. The molecule has 4 aromatic heterocycles. The number of nitrogens with zero attached hydrogens (tertiary/aromatic N) is 8. The fourth-order valence-corrected chi connectivity index (χ4v) is 3.58. The molecule has 0 fully saturated rings. The number of unbranched alkanes of at least 4 members (excludes halogenated alkanes) is 1. The highest BCUT2D eigenvalue weighted by atomic mass is 19.4. The van der Waals surface area contributed by atoms with Gasteiger partial charge in [-0.15, -0.1) is 10.2 Å². The Bertz CT molecular complexity index is 1420. The third-order valence-corrected chi connectivity index (χ3v) is 5.67. The second kappa shape index (κ2) is 12.7. The first-order chi connectivity index (χ1) is 19.9. The summed E-state index contributed by atoms with van der Waals surface area (Å²) in [7, 11) is 0. The summed E-state index contributed by atoms with van der Waals surface area (Å²) < 4.78 is 79.7. The monoisotopic (exact) mass is 596 g/mol. The van der Waals surface area contributed by atoms with E-state index in [-0.39, 0.29) is 35.7 Å². The molecule has 0 saturated heterocycles. The maximum Gasteiger partial charge on any atom is 0.433 e. The fraction of sp³-hybridized carbons (Fsp3) is 0.333. The van der Waals surface area contributed by atoms with E-state index in [1.165, 1.54) is 40.1 Å². The minimum atomic E-state index is -4.59. The highest BCUT2D eigenvalue weighted by Gasteiger charge is 2.32. The Kier molecular flexibility index (Phi) is 9.12. The third-order valence-electron chi connectivity index (χ3n) is 5.67. The largest absolute Gasteiger partial charge is 0.433 e. The molecule has 0 aliphatic rings. The number of hydrogen-bond donors (Lipinski definition) is 2. The first kappa shape index (κ1) is 30.1. The van der Waals surface area contributed by atoms with Gasteiger partial charge in [0.1, 0.15) is 5.69 Å². The molecule has 4 heterocycles. The summed E-state index contributed by atoms with van der Waals surface area (Å²) >= 11 is 0. The van der Waals surface area contributed by atoms with Crippen LogP contribution in [0.15, 0.2) is 49.1 Å². The van der Waals surface area contributed by atoms with Crippen molar-refractivity contribution in [3.05, 3.63) is 83.0 Å². The first-order valence-corrected chi connectivity index (χ1v) is 12.3. The molecule has 2 N–H and O–H groups in total. The predicted molar refractivity (Wildman–Crippen MR) is 130 cm³/mol. The van der Waals surface area contributed by atoms with Gasteiger partial charge in [-0.2, -0.15) is 26.3 Å². The summed E-state index contributed by atoms with van der Waals surface area (Å²) in [5.41, 5.74) is -1.80. The SMILES string of the molecule is O=C(NCc1cncc(C(F)(F)F)c1)c1cn(CCCCn2cc(C(=O)NCc3cccc(C(F)(F)F)n3)nn2)nn1.